The Morgan fingerprint density at radius 2 is 1.41 bits per heavy atom. The third-order valence-electron chi connectivity index (χ3n) is 4.41. The van der Waals surface area contributed by atoms with Crippen molar-refractivity contribution >= 4 is 32.6 Å². The monoisotopic (exact) mass is 291 g/mol. The van der Waals surface area contributed by atoms with Crippen LogP contribution >= 0.6 is 0 Å². The molecular formula is C19H17NO2. The highest BCUT2D eigenvalue weighted by molar-refractivity contribution is 6.20. The second kappa shape index (κ2) is 4.67. The molecule has 0 radical (unpaired) electrons. The van der Waals surface area contributed by atoms with Gasteiger partial charge >= 0.3 is 0 Å². The maximum absolute atomic E-state index is 5.62. The molecule has 0 aliphatic carbocycles. The number of ether oxygens (including phenoxy) is 2. The van der Waals surface area contributed by atoms with Gasteiger partial charge in [-0.1, -0.05) is 24.3 Å². The highest BCUT2D eigenvalue weighted by Crippen LogP contribution is 2.41. The van der Waals surface area contributed by atoms with Crippen molar-refractivity contribution in [1.29, 1.82) is 0 Å². The van der Waals surface area contributed by atoms with Crippen molar-refractivity contribution in [3.63, 3.8) is 0 Å². The quantitative estimate of drug-likeness (QED) is 0.543. The van der Waals surface area contributed by atoms with E-state index in [-0.39, 0.29) is 0 Å². The third kappa shape index (κ3) is 1.56. The van der Waals surface area contributed by atoms with Gasteiger partial charge in [0.15, 0.2) is 0 Å². The van der Waals surface area contributed by atoms with Crippen LogP contribution in [0.15, 0.2) is 48.5 Å². The highest BCUT2D eigenvalue weighted by Gasteiger charge is 2.16. The van der Waals surface area contributed by atoms with E-state index < -0.39 is 0 Å². The number of nitrogens with zero attached hydrogens (tertiary/aromatic N) is 1. The van der Waals surface area contributed by atoms with Crippen molar-refractivity contribution in [1.82, 2.24) is 4.57 Å². The zero-order valence-electron chi connectivity index (χ0n) is 12.9. The molecule has 0 N–H and O–H groups in total. The van der Waals surface area contributed by atoms with E-state index in [1.54, 1.807) is 14.2 Å². The van der Waals surface area contributed by atoms with Gasteiger partial charge in [0.2, 0.25) is 0 Å². The van der Waals surface area contributed by atoms with Crippen molar-refractivity contribution in [2.45, 2.75) is 0 Å². The molecule has 0 unspecified atom stereocenters. The molecule has 1 heterocycles. The molecule has 1 aromatic heterocycles. The number of hydrogen-bond acceptors (Lipinski definition) is 2. The summed E-state index contributed by atoms with van der Waals surface area (Å²) in [5.74, 6) is 1.73. The molecule has 4 rings (SSSR count). The SMILES string of the molecule is COc1ccc(OC)c2c1ccc1c3ccccc3n(C)c12. The molecule has 110 valence electrons. The Labute approximate surface area is 128 Å². The van der Waals surface area contributed by atoms with Gasteiger partial charge < -0.3 is 14.0 Å². The summed E-state index contributed by atoms with van der Waals surface area (Å²) in [5.41, 5.74) is 2.39. The third-order valence-corrected chi connectivity index (χ3v) is 4.41. The van der Waals surface area contributed by atoms with Crippen LogP contribution in [0.25, 0.3) is 32.6 Å². The van der Waals surface area contributed by atoms with E-state index in [0.29, 0.717) is 0 Å². The fourth-order valence-corrected chi connectivity index (χ4v) is 3.40. The number of hydrogen-bond donors (Lipinski definition) is 0. The fraction of sp³-hybridized carbons (Fsp3) is 0.158. The molecule has 0 bridgehead atoms. The Kier molecular flexibility index (Phi) is 2.76. The molecule has 0 saturated heterocycles. The number of rotatable bonds is 2. The lowest BCUT2D eigenvalue weighted by Crippen LogP contribution is -1.93. The summed E-state index contributed by atoms with van der Waals surface area (Å²) in [7, 11) is 5.51. The van der Waals surface area contributed by atoms with Crippen LogP contribution in [-0.2, 0) is 7.05 Å². The van der Waals surface area contributed by atoms with Crippen molar-refractivity contribution in [2.24, 2.45) is 7.05 Å². The number of benzene rings is 3. The predicted octanol–water partition coefficient (Wildman–Crippen LogP) is 4.50. The Bertz CT molecular complexity index is 1010. The van der Waals surface area contributed by atoms with E-state index in [9.17, 15) is 0 Å². The molecule has 3 nitrogen and oxygen atoms in total. The Morgan fingerprint density at radius 1 is 0.727 bits per heavy atom. The van der Waals surface area contributed by atoms with Crippen molar-refractivity contribution in [2.75, 3.05) is 14.2 Å². The minimum absolute atomic E-state index is 0.864. The first-order valence-corrected chi connectivity index (χ1v) is 7.27. The van der Waals surface area contributed by atoms with Gasteiger partial charge in [0.25, 0.3) is 0 Å². The van der Waals surface area contributed by atoms with Crippen LogP contribution in [0.4, 0.5) is 0 Å². The van der Waals surface area contributed by atoms with Crippen LogP contribution in [0.1, 0.15) is 0 Å². The lowest BCUT2D eigenvalue weighted by atomic mass is 10.0. The molecule has 3 heteroatoms. The van der Waals surface area contributed by atoms with Crippen LogP contribution in [0.3, 0.4) is 0 Å². The number of methoxy groups -OCH3 is 2. The van der Waals surface area contributed by atoms with Crippen LogP contribution in [0, 0.1) is 0 Å². The Balaban J connectivity index is 2.33. The number of para-hydroxylation sites is 1. The maximum atomic E-state index is 5.62. The second-order valence-corrected chi connectivity index (χ2v) is 5.43. The molecule has 3 aromatic carbocycles. The summed E-state index contributed by atoms with van der Waals surface area (Å²) in [6.07, 6.45) is 0. The van der Waals surface area contributed by atoms with Gasteiger partial charge in [0.1, 0.15) is 11.5 Å². The predicted molar refractivity (Wildman–Crippen MR) is 91.0 cm³/mol. The summed E-state index contributed by atoms with van der Waals surface area (Å²) in [4.78, 5) is 0. The van der Waals surface area contributed by atoms with Crippen LogP contribution in [0.5, 0.6) is 11.5 Å². The first kappa shape index (κ1) is 13.0. The van der Waals surface area contributed by atoms with Crippen molar-refractivity contribution in [3.05, 3.63) is 48.5 Å². The molecule has 0 amide bonds. The zero-order chi connectivity index (χ0) is 15.3. The largest absolute Gasteiger partial charge is 0.496 e. The lowest BCUT2D eigenvalue weighted by molar-refractivity contribution is 0.410. The van der Waals surface area contributed by atoms with E-state index in [4.69, 9.17) is 9.47 Å². The average molecular weight is 291 g/mol. The lowest BCUT2D eigenvalue weighted by Gasteiger charge is -2.12. The minimum Gasteiger partial charge on any atom is -0.496 e. The number of fused-ring (bicyclic) bond motifs is 5. The van der Waals surface area contributed by atoms with E-state index in [2.05, 4.69) is 48.0 Å². The first-order chi connectivity index (χ1) is 10.8. The van der Waals surface area contributed by atoms with Gasteiger partial charge in [-0.3, -0.25) is 0 Å². The average Bonchev–Trinajstić information content (AvgIpc) is 2.87. The minimum atomic E-state index is 0.864. The second-order valence-electron chi connectivity index (χ2n) is 5.43. The number of aromatic nitrogens is 1. The molecule has 0 aliphatic heterocycles. The maximum Gasteiger partial charge on any atom is 0.129 e. The highest BCUT2D eigenvalue weighted by atomic mass is 16.5. The number of aryl methyl sites for hydroxylation is 1. The topological polar surface area (TPSA) is 23.4 Å². The molecule has 4 aromatic rings. The van der Waals surface area contributed by atoms with Crippen LogP contribution in [0.2, 0.25) is 0 Å². The van der Waals surface area contributed by atoms with E-state index in [1.807, 2.05) is 12.1 Å². The molecular weight excluding hydrogens is 274 g/mol. The van der Waals surface area contributed by atoms with E-state index in [0.717, 1.165) is 22.3 Å². The standard InChI is InChI=1S/C19H17NO2/c1-20-15-7-5-4-6-12(15)13-8-9-14-16(21-2)10-11-17(22-3)18(14)19(13)20/h4-11H,1-3H3. The van der Waals surface area contributed by atoms with Crippen molar-refractivity contribution < 1.29 is 9.47 Å². The summed E-state index contributed by atoms with van der Waals surface area (Å²) in [5, 5.41) is 4.65. The first-order valence-electron chi connectivity index (χ1n) is 7.27. The van der Waals surface area contributed by atoms with Gasteiger partial charge in [-0.25, -0.2) is 0 Å². The Morgan fingerprint density at radius 3 is 2.18 bits per heavy atom. The molecule has 22 heavy (non-hydrogen) atoms. The summed E-state index contributed by atoms with van der Waals surface area (Å²) in [6, 6.07) is 16.7. The van der Waals surface area contributed by atoms with E-state index >= 15 is 0 Å². The molecule has 0 atom stereocenters. The molecule has 0 saturated carbocycles. The summed E-state index contributed by atoms with van der Waals surface area (Å²) in [6.45, 7) is 0. The zero-order valence-corrected chi connectivity index (χ0v) is 12.9. The fourth-order valence-electron chi connectivity index (χ4n) is 3.40. The summed E-state index contributed by atoms with van der Waals surface area (Å²) >= 11 is 0. The summed E-state index contributed by atoms with van der Waals surface area (Å²) < 4.78 is 13.4. The van der Waals surface area contributed by atoms with Gasteiger partial charge in [-0.15, -0.1) is 0 Å². The van der Waals surface area contributed by atoms with Crippen LogP contribution < -0.4 is 9.47 Å². The van der Waals surface area contributed by atoms with E-state index in [1.165, 1.54) is 21.8 Å². The normalized spacial score (nSPS) is 11.4. The molecule has 0 fully saturated rings. The smallest absolute Gasteiger partial charge is 0.129 e. The molecule has 0 spiro atoms. The van der Waals surface area contributed by atoms with Crippen molar-refractivity contribution in [3.8, 4) is 11.5 Å². The Hall–Kier alpha value is -2.68. The molecule has 0 aliphatic rings. The van der Waals surface area contributed by atoms with Gasteiger partial charge in [0.05, 0.1) is 25.1 Å². The van der Waals surface area contributed by atoms with Gasteiger partial charge in [-0.05, 0) is 24.3 Å². The van der Waals surface area contributed by atoms with Gasteiger partial charge in [0, 0.05) is 28.7 Å². The van der Waals surface area contributed by atoms with Crippen LogP contribution in [-0.4, -0.2) is 18.8 Å². The van der Waals surface area contributed by atoms with Gasteiger partial charge in [-0.2, -0.15) is 0 Å².